The summed E-state index contributed by atoms with van der Waals surface area (Å²) in [6.07, 6.45) is 3.27. The molecule has 3 aromatic rings. The highest BCUT2D eigenvalue weighted by Crippen LogP contribution is 2.34. The molecular formula is C101H158N16O18. The second-order valence-electron chi connectivity index (χ2n) is 38.9. The minimum absolute atomic E-state index is 0.0151. The molecule has 3 fully saturated rings. The maximum atomic E-state index is 14.7. The third kappa shape index (κ3) is 35.5. The number of rotatable bonds is 57. The first-order valence-corrected chi connectivity index (χ1v) is 48.7. The normalized spacial score (nSPS) is 18.9. The number of nitrogens with zero attached hydrogens (tertiary/aromatic N) is 5. The molecule has 14 amide bonds. The van der Waals surface area contributed by atoms with Gasteiger partial charge in [0.15, 0.2) is 11.6 Å². The molecule has 3 heterocycles. The van der Waals surface area contributed by atoms with E-state index in [1.54, 1.807) is 95.9 Å². The summed E-state index contributed by atoms with van der Waals surface area (Å²) in [6.45, 7) is 28.9. The number of nitrogens with two attached hydrogens (primary N) is 1. The molecule has 12 N–H and O–H groups in total. The number of urea groups is 1. The van der Waals surface area contributed by atoms with Crippen LogP contribution in [0.2, 0.25) is 0 Å². The Labute approximate surface area is 799 Å². The Hall–Kier alpha value is -10.6. The topological polar surface area (TPSA) is 454 Å². The van der Waals surface area contributed by atoms with E-state index < -0.39 is 108 Å². The number of ether oxygens (including phenoxy) is 2. The van der Waals surface area contributed by atoms with Gasteiger partial charge in [0.2, 0.25) is 71.4 Å². The zero-order valence-electron chi connectivity index (χ0n) is 83.5. The van der Waals surface area contributed by atoms with Crippen molar-refractivity contribution in [1.29, 1.82) is 0 Å². The third-order valence-electron chi connectivity index (χ3n) is 27.1. The summed E-state index contributed by atoms with van der Waals surface area (Å²) in [4.78, 5) is 226. The highest BCUT2D eigenvalue weighted by molar-refractivity contribution is 5.99. The summed E-state index contributed by atoms with van der Waals surface area (Å²) in [5, 5.41) is 28.9. The molecule has 0 aliphatic carbocycles. The predicted molar refractivity (Wildman–Crippen MR) is 518 cm³/mol. The average Bonchev–Trinajstić information content (AvgIpc) is 1.76. The van der Waals surface area contributed by atoms with Gasteiger partial charge in [-0.15, -0.1) is 0 Å². The number of piperidine rings is 2. The molecule has 0 radical (unpaired) electrons. The van der Waals surface area contributed by atoms with E-state index in [0.29, 0.717) is 107 Å². The van der Waals surface area contributed by atoms with Gasteiger partial charge in [0.1, 0.15) is 11.8 Å². The van der Waals surface area contributed by atoms with Crippen molar-refractivity contribution < 1.29 is 86.2 Å². The molecule has 3 saturated heterocycles. The molecule has 34 nitrogen and oxygen atoms in total. The monoisotopic (exact) mass is 1880 g/mol. The van der Waals surface area contributed by atoms with Gasteiger partial charge in [0, 0.05) is 159 Å². The Balaban J connectivity index is 0.947. The van der Waals surface area contributed by atoms with Crippen molar-refractivity contribution in [2.45, 2.75) is 293 Å². The third-order valence-corrected chi connectivity index (χ3v) is 27.1. The van der Waals surface area contributed by atoms with Crippen molar-refractivity contribution in [2.24, 2.45) is 70.8 Å². The number of ketones is 3. The SMILES string of the molecule is CC[C@H](CC(=O)[C@@H](NC(=O)CCC(=O)N1CC[C@@H](CNCNC(=O)[C@@H]2CCN(C(=O)CCC(=O)N[C@H](C(=O)C[C@@H](CCCNC(N)=O)C(=O)Nc3ccc(CNC(=O)[C@@H](CC(=O)[C@H](C)[C@@H](OC)[C@@H]4CCCN4C(=O)C[C@@H](OC)[C@H]([C@@H](C)CC)N(C)C(=O)[C@@H](NC(=O)[C@H](C(C)C)N(C)C)C(C)C)Cc4ccccc4)cc3)C(C)C)[C@H](C)C2)C[C@H]1C)C(C)C)C(=O)Nc1ccc(CNC=O)cc1. The molecule has 0 bridgehead atoms. The molecular weight excluding hydrogens is 1730 g/mol. The van der Waals surface area contributed by atoms with Crippen molar-refractivity contribution in [2.75, 3.05) is 85.4 Å². The fourth-order valence-corrected chi connectivity index (χ4v) is 19.1. The van der Waals surface area contributed by atoms with E-state index in [2.05, 4.69) is 53.2 Å². The first-order valence-electron chi connectivity index (χ1n) is 48.7. The van der Waals surface area contributed by atoms with Crippen LogP contribution in [-0.4, -0.2) is 255 Å². The number of methoxy groups -OCH3 is 2. The van der Waals surface area contributed by atoms with Crippen LogP contribution in [0.4, 0.5) is 16.2 Å². The summed E-state index contributed by atoms with van der Waals surface area (Å²) >= 11 is 0. The number of likely N-dealkylation sites (tertiary alicyclic amines) is 3. The van der Waals surface area contributed by atoms with Gasteiger partial charge >= 0.3 is 6.03 Å². The van der Waals surface area contributed by atoms with Crippen LogP contribution in [-0.2, 0) is 101 Å². The van der Waals surface area contributed by atoms with Gasteiger partial charge in [0.05, 0.1) is 55.5 Å². The molecule has 34 heteroatoms. The molecule has 0 spiro atoms. The van der Waals surface area contributed by atoms with Crippen LogP contribution in [0.3, 0.4) is 0 Å². The maximum Gasteiger partial charge on any atom is 0.312 e. The lowest BCUT2D eigenvalue weighted by Gasteiger charge is -2.41. The fraction of sp³-hybridized carbons (Fsp3) is 0.663. The first-order chi connectivity index (χ1) is 64.1. The number of carbonyl (C=O) groups is 16. The molecule has 750 valence electrons. The summed E-state index contributed by atoms with van der Waals surface area (Å²) in [6, 6.07) is 17.8. The fourth-order valence-electron chi connectivity index (χ4n) is 19.1. The molecule has 3 aromatic carbocycles. The highest BCUT2D eigenvalue weighted by atomic mass is 16.5. The molecule has 0 saturated carbocycles. The van der Waals surface area contributed by atoms with Crippen molar-refractivity contribution in [3.05, 3.63) is 95.6 Å². The van der Waals surface area contributed by atoms with Gasteiger partial charge in [-0.25, -0.2) is 4.79 Å². The molecule has 0 aromatic heterocycles. The number of likely N-dealkylation sites (N-methyl/N-ethyl adjacent to an activating group) is 2. The number of anilines is 2. The van der Waals surface area contributed by atoms with E-state index >= 15 is 0 Å². The minimum Gasteiger partial charge on any atom is -0.379 e. The number of Topliss-reactive ketones (excluding diaryl/α,β-unsaturated/α-hetero) is 3. The van der Waals surface area contributed by atoms with Crippen molar-refractivity contribution in [3.63, 3.8) is 0 Å². The Bertz CT molecular complexity index is 4370. The van der Waals surface area contributed by atoms with E-state index in [0.717, 1.165) is 11.1 Å². The Morgan fingerprint density at radius 1 is 0.526 bits per heavy atom. The number of nitrogens with one attached hydrogen (secondary N) is 10. The number of hydrogen-bond acceptors (Lipinski definition) is 20. The van der Waals surface area contributed by atoms with Gasteiger partial charge in [-0.3, -0.25) is 82.1 Å². The largest absolute Gasteiger partial charge is 0.379 e. The number of primary amides is 1. The quantitative estimate of drug-likeness (QED) is 0.0144. The van der Waals surface area contributed by atoms with Crippen molar-refractivity contribution in [3.8, 4) is 0 Å². The van der Waals surface area contributed by atoms with E-state index in [1.807, 2.05) is 125 Å². The Kier molecular flexibility index (Phi) is 47.6. The average molecular weight is 1880 g/mol. The van der Waals surface area contributed by atoms with Crippen LogP contribution < -0.4 is 58.9 Å². The zero-order valence-corrected chi connectivity index (χ0v) is 83.5. The van der Waals surface area contributed by atoms with Crippen LogP contribution in [0.25, 0.3) is 0 Å². The van der Waals surface area contributed by atoms with Gasteiger partial charge < -0.3 is 82.7 Å². The van der Waals surface area contributed by atoms with Gasteiger partial charge in [-0.1, -0.05) is 144 Å². The van der Waals surface area contributed by atoms with E-state index in [1.165, 1.54) is 14.2 Å². The molecule has 0 unspecified atom stereocenters. The summed E-state index contributed by atoms with van der Waals surface area (Å²) in [5.41, 5.74) is 8.66. The number of hydrogen-bond donors (Lipinski definition) is 11. The van der Waals surface area contributed by atoms with Crippen LogP contribution >= 0.6 is 0 Å². The predicted octanol–water partition coefficient (Wildman–Crippen LogP) is 8.36. The summed E-state index contributed by atoms with van der Waals surface area (Å²) in [7, 11) is 8.43. The lowest BCUT2D eigenvalue weighted by molar-refractivity contribution is -0.148. The van der Waals surface area contributed by atoms with Gasteiger partial charge in [-0.05, 0) is 175 Å². The summed E-state index contributed by atoms with van der Waals surface area (Å²) < 4.78 is 12.3. The van der Waals surface area contributed by atoms with Gasteiger partial charge in [0.25, 0.3) is 0 Å². The lowest BCUT2D eigenvalue weighted by Crippen LogP contribution is -2.59. The van der Waals surface area contributed by atoms with Crippen LogP contribution in [0.5, 0.6) is 0 Å². The first kappa shape index (κ1) is 113. The van der Waals surface area contributed by atoms with E-state index in [9.17, 15) is 76.7 Å². The van der Waals surface area contributed by atoms with Crippen LogP contribution in [0.1, 0.15) is 229 Å². The molecule has 135 heavy (non-hydrogen) atoms. The second-order valence-corrected chi connectivity index (χ2v) is 38.9. The van der Waals surface area contributed by atoms with Crippen LogP contribution in [0.15, 0.2) is 78.9 Å². The Morgan fingerprint density at radius 2 is 1.07 bits per heavy atom. The number of amides is 14. The summed E-state index contributed by atoms with van der Waals surface area (Å²) in [5.74, 6) is -8.72. The van der Waals surface area contributed by atoms with E-state index in [-0.39, 0.29) is 197 Å². The molecule has 17 atom stereocenters. The lowest BCUT2D eigenvalue weighted by atomic mass is 9.85. The molecule has 3 aliphatic heterocycles. The van der Waals surface area contributed by atoms with Crippen LogP contribution in [0, 0.1) is 65.1 Å². The van der Waals surface area contributed by atoms with E-state index in [4.69, 9.17) is 15.2 Å². The second kappa shape index (κ2) is 56.8. The highest BCUT2D eigenvalue weighted by Gasteiger charge is 2.45. The zero-order chi connectivity index (χ0) is 100. The minimum atomic E-state index is -1.02. The number of benzene rings is 3. The van der Waals surface area contributed by atoms with Crippen molar-refractivity contribution >= 4 is 106 Å². The maximum absolute atomic E-state index is 14.7. The smallest absolute Gasteiger partial charge is 0.312 e. The molecule has 3 aliphatic rings. The van der Waals surface area contributed by atoms with Gasteiger partial charge in [-0.2, -0.15) is 0 Å². The van der Waals surface area contributed by atoms with Crippen molar-refractivity contribution in [1.82, 2.24) is 67.0 Å². The standard InChI is InChI=1S/C101H158N16O18/c1-20-65(11)93(114(17)100(132)91(63(7)8)112-99(131)92(64(9)10)113(15)16)83(134-18)55-88(126)117-46-26-30-79(117)94(135-19)68(14)80(119)54-76(51-69-27-23-22-24-28-69)96(128)106-58-71-33-37-78(38-34-71)109-98(130)74(29-25-45-105-101(102)133)53-82(121)90(62(5)6)111-85(123)40-42-87(125)116-48-44-75(50-67(116)13)95(127)107-59-103-57-72-43-47-115(66(12)49-72)86(124)41-39-84(122)110-89(61(3)4)81(120)52-73(21-2)97(129)108-77-35-31-70(32-36-77)56-104-60-118/h22-24,27-28,31-38,60-68,72-76,79,83,89-94,103H,20-21,25-26,29-30,39-59H2,1-19H3,(H,104,118)(H,106,128)(H,107,127)(H,108,129)(H,109,130)(H,110,122)(H,111,123)(H,112,131)(H3,102,105,133)/t65-,66+,67+,68-,72+,73+,74+,75+,76+,79-,83+,89-,90-,91-,92-,93-,94+/m0/s1. The number of carbonyl (C=O) groups excluding carboxylic acids is 16. The molecule has 6 rings (SSSR count). The Morgan fingerprint density at radius 3 is 1.57 bits per heavy atom.